The van der Waals surface area contributed by atoms with Crippen molar-refractivity contribution in [3.8, 4) is 0 Å². The number of imidazole rings is 1. The van der Waals surface area contributed by atoms with E-state index < -0.39 is 0 Å². The van der Waals surface area contributed by atoms with Gasteiger partial charge in [-0.1, -0.05) is 36.0 Å². The fourth-order valence-corrected chi connectivity index (χ4v) is 4.26. The normalized spacial score (nSPS) is 11.4. The molecule has 0 aliphatic heterocycles. The molecule has 4 rings (SSSR count). The number of hydrogen-bond acceptors (Lipinski definition) is 4. The van der Waals surface area contributed by atoms with Crippen LogP contribution >= 0.6 is 11.8 Å². The smallest absolute Gasteiger partial charge is 0.262 e. The molecule has 0 saturated carbocycles. The van der Waals surface area contributed by atoms with E-state index in [1.807, 2.05) is 35.8 Å². The highest BCUT2D eigenvalue weighted by Gasteiger charge is 2.15. The Morgan fingerprint density at radius 3 is 2.75 bits per heavy atom. The van der Waals surface area contributed by atoms with E-state index in [1.54, 1.807) is 22.8 Å². The van der Waals surface area contributed by atoms with E-state index in [0.29, 0.717) is 40.4 Å². The minimum absolute atomic E-state index is 0.0944. The number of aryl methyl sites for hydroxylation is 1. The van der Waals surface area contributed by atoms with Crippen molar-refractivity contribution >= 4 is 33.7 Å². The lowest BCUT2D eigenvalue weighted by Gasteiger charge is -2.12. The van der Waals surface area contributed by atoms with Crippen LogP contribution in [0.15, 0.2) is 65.1 Å². The molecular formula is C21H19FN4OS. The summed E-state index contributed by atoms with van der Waals surface area (Å²) in [5.74, 6) is 0.896. The van der Waals surface area contributed by atoms with Crippen molar-refractivity contribution in [2.24, 2.45) is 0 Å². The van der Waals surface area contributed by atoms with Gasteiger partial charge in [-0.05, 0) is 31.2 Å². The molecule has 0 spiro atoms. The molecule has 0 aliphatic rings. The Morgan fingerprint density at radius 1 is 1.14 bits per heavy atom. The van der Waals surface area contributed by atoms with Gasteiger partial charge < -0.3 is 4.57 Å². The largest absolute Gasteiger partial charge is 0.327 e. The third-order valence-corrected chi connectivity index (χ3v) is 5.57. The summed E-state index contributed by atoms with van der Waals surface area (Å²) in [6, 6.07) is 12.3. The van der Waals surface area contributed by atoms with Gasteiger partial charge >= 0.3 is 0 Å². The van der Waals surface area contributed by atoms with Crippen molar-refractivity contribution in [2.45, 2.75) is 30.9 Å². The van der Waals surface area contributed by atoms with Crippen LogP contribution in [0.1, 0.15) is 12.7 Å². The number of rotatable bonds is 6. The second-order valence-corrected chi connectivity index (χ2v) is 7.23. The van der Waals surface area contributed by atoms with Crippen LogP contribution in [0.2, 0.25) is 0 Å². The zero-order valence-corrected chi connectivity index (χ0v) is 16.2. The van der Waals surface area contributed by atoms with Crippen LogP contribution in [-0.2, 0) is 18.8 Å². The minimum Gasteiger partial charge on any atom is -0.327 e. The standard InChI is InChI=1S/C21H19FN4OS/c1-3-12-26-20(27)14-8-5-6-10-16(14)23-21(26)28-13-18-24-19-15(22)9-7-11-17(19)25(18)4-2/h3,5-11H,1,4,12-13H2,2H3. The van der Waals surface area contributed by atoms with E-state index in [1.165, 1.54) is 17.8 Å². The maximum atomic E-state index is 14.1. The molecule has 28 heavy (non-hydrogen) atoms. The van der Waals surface area contributed by atoms with Crippen molar-refractivity contribution < 1.29 is 4.39 Å². The molecule has 0 saturated heterocycles. The van der Waals surface area contributed by atoms with E-state index >= 15 is 0 Å². The summed E-state index contributed by atoms with van der Waals surface area (Å²) in [6.45, 7) is 6.80. The van der Waals surface area contributed by atoms with E-state index in [-0.39, 0.29) is 11.4 Å². The van der Waals surface area contributed by atoms with E-state index in [2.05, 4.69) is 16.5 Å². The first-order chi connectivity index (χ1) is 13.6. The lowest BCUT2D eigenvalue weighted by atomic mass is 10.2. The Bertz CT molecular complexity index is 1240. The predicted octanol–water partition coefficient (Wildman–Crippen LogP) is 4.38. The van der Waals surface area contributed by atoms with Gasteiger partial charge in [0, 0.05) is 13.1 Å². The molecule has 0 aliphatic carbocycles. The quantitative estimate of drug-likeness (QED) is 0.277. The zero-order chi connectivity index (χ0) is 19.7. The average Bonchev–Trinajstić information content (AvgIpc) is 3.08. The molecule has 0 N–H and O–H groups in total. The van der Waals surface area contributed by atoms with Crippen LogP contribution in [0, 0.1) is 5.82 Å². The van der Waals surface area contributed by atoms with Crippen molar-refractivity contribution in [1.29, 1.82) is 0 Å². The summed E-state index contributed by atoms with van der Waals surface area (Å²) in [4.78, 5) is 22.0. The molecule has 0 amide bonds. The first kappa shape index (κ1) is 18.4. The Hall–Kier alpha value is -2.93. The van der Waals surface area contributed by atoms with Crippen LogP contribution in [0.25, 0.3) is 21.9 Å². The highest BCUT2D eigenvalue weighted by Crippen LogP contribution is 2.25. The number of halogens is 1. The lowest BCUT2D eigenvalue weighted by Crippen LogP contribution is -2.22. The van der Waals surface area contributed by atoms with E-state index in [0.717, 1.165) is 11.3 Å². The maximum Gasteiger partial charge on any atom is 0.262 e. The van der Waals surface area contributed by atoms with Crippen molar-refractivity contribution in [2.75, 3.05) is 0 Å². The topological polar surface area (TPSA) is 52.7 Å². The number of aromatic nitrogens is 4. The third kappa shape index (κ3) is 3.11. The van der Waals surface area contributed by atoms with Gasteiger partial charge in [-0.25, -0.2) is 14.4 Å². The highest BCUT2D eigenvalue weighted by molar-refractivity contribution is 7.98. The number of para-hydroxylation sites is 2. The monoisotopic (exact) mass is 394 g/mol. The Morgan fingerprint density at radius 2 is 1.96 bits per heavy atom. The molecule has 2 heterocycles. The van der Waals surface area contributed by atoms with Crippen LogP contribution in [0.3, 0.4) is 0 Å². The van der Waals surface area contributed by atoms with Crippen LogP contribution in [0.4, 0.5) is 4.39 Å². The molecule has 0 unspecified atom stereocenters. The van der Waals surface area contributed by atoms with Crippen molar-refractivity contribution in [1.82, 2.24) is 19.1 Å². The molecule has 7 heteroatoms. The van der Waals surface area contributed by atoms with Gasteiger partial charge in [-0.2, -0.15) is 0 Å². The zero-order valence-electron chi connectivity index (χ0n) is 15.4. The second-order valence-electron chi connectivity index (χ2n) is 6.28. The predicted molar refractivity (Wildman–Crippen MR) is 111 cm³/mol. The fourth-order valence-electron chi connectivity index (χ4n) is 3.30. The molecule has 142 valence electrons. The Balaban J connectivity index is 1.76. The van der Waals surface area contributed by atoms with Gasteiger partial charge in [0.1, 0.15) is 11.3 Å². The molecule has 0 fully saturated rings. The second kappa shape index (κ2) is 7.59. The maximum absolute atomic E-state index is 14.1. The summed E-state index contributed by atoms with van der Waals surface area (Å²) in [6.07, 6.45) is 1.68. The van der Waals surface area contributed by atoms with Crippen LogP contribution in [0.5, 0.6) is 0 Å². The number of fused-ring (bicyclic) bond motifs is 2. The summed E-state index contributed by atoms with van der Waals surface area (Å²) >= 11 is 1.42. The first-order valence-electron chi connectivity index (χ1n) is 9.01. The Kier molecular flexibility index (Phi) is 5.00. The van der Waals surface area contributed by atoms with E-state index in [9.17, 15) is 9.18 Å². The number of allylic oxidation sites excluding steroid dienone is 1. The molecule has 0 radical (unpaired) electrons. The van der Waals surface area contributed by atoms with Gasteiger partial charge in [0.2, 0.25) is 0 Å². The fraction of sp³-hybridized carbons (Fsp3) is 0.190. The molecule has 2 aromatic heterocycles. The van der Waals surface area contributed by atoms with Crippen molar-refractivity contribution in [3.63, 3.8) is 0 Å². The SMILES string of the molecule is C=CCn1c(SCc2nc3c(F)cccc3n2CC)nc2ccccc2c1=O. The minimum atomic E-state index is -0.330. The first-order valence-corrected chi connectivity index (χ1v) is 9.99. The van der Waals surface area contributed by atoms with Crippen molar-refractivity contribution in [3.05, 3.63) is 77.1 Å². The lowest BCUT2D eigenvalue weighted by molar-refractivity contribution is 0.637. The van der Waals surface area contributed by atoms with Crippen LogP contribution < -0.4 is 5.56 Å². The number of hydrogen-bond donors (Lipinski definition) is 0. The van der Waals surface area contributed by atoms with Gasteiger partial charge in [-0.15, -0.1) is 6.58 Å². The summed E-state index contributed by atoms with van der Waals surface area (Å²) < 4.78 is 17.7. The van der Waals surface area contributed by atoms with Gasteiger partial charge in [0.05, 0.1) is 22.2 Å². The third-order valence-electron chi connectivity index (χ3n) is 4.59. The number of nitrogens with zero attached hydrogens (tertiary/aromatic N) is 4. The number of thioether (sulfide) groups is 1. The summed E-state index contributed by atoms with van der Waals surface area (Å²) in [5, 5.41) is 1.18. The summed E-state index contributed by atoms with van der Waals surface area (Å²) in [5.41, 5.74) is 1.70. The average molecular weight is 394 g/mol. The van der Waals surface area contributed by atoms with E-state index in [4.69, 9.17) is 0 Å². The summed E-state index contributed by atoms with van der Waals surface area (Å²) in [7, 11) is 0. The van der Waals surface area contributed by atoms with Gasteiger partial charge in [0.15, 0.2) is 11.0 Å². The molecule has 5 nitrogen and oxygen atoms in total. The highest BCUT2D eigenvalue weighted by atomic mass is 32.2. The van der Waals surface area contributed by atoms with Gasteiger partial charge in [0.25, 0.3) is 5.56 Å². The molecule has 4 aromatic rings. The Labute approximate surface area is 165 Å². The molecular weight excluding hydrogens is 375 g/mol. The number of benzene rings is 2. The van der Waals surface area contributed by atoms with Gasteiger partial charge in [-0.3, -0.25) is 9.36 Å². The molecule has 0 atom stereocenters. The molecule has 2 aromatic carbocycles. The van der Waals surface area contributed by atoms with Crippen LogP contribution in [-0.4, -0.2) is 19.1 Å². The molecule has 0 bridgehead atoms.